The van der Waals surface area contributed by atoms with E-state index in [0.29, 0.717) is 31.6 Å². The lowest BCUT2D eigenvalue weighted by Crippen LogP contribution is -2.50. The lowest BCUT2D eigenvalue weighted by atomic mass is 9.96. The van der Waals surface area contributed by atoms with E-state index in [2.05, 4.69) is 5.32 Å². The van der Waals surface area contributed by atoms with Crippen LogP contribution in [0.1, 0.15) is 19.8 Å². The molecule has 2 atom stereocenters. The van der Waals surface area contributed by atoms with Crippen molar-refractivity contribution in [2.24, 2.45) is 5.92 Å². The maximum Gasteiger partial charge on any atom is 0.326 e. The molecule has 1 aromatic carbocycles. The van der Waals surface area contributed by atoms with Crippen LogP contribution >= 0.6 is 0 Å². The smallest absolute Gasteiger partial charge is 0.326 e. The van der Waals surface area contributed by atoms with E-state index < -0.39 is 12.0 Å². The van der Waals surface area contributed by atoms with E-state index in [1.54, 1.807) is 17.0 Å². The maximum atomic E-state index is 12.5. The van der Waals surface area contributed by atoms with E-state index in [9.17, 15) is 14.4 Å². The summed E-state index contributed by atoms with van der Waals surface area (Å²) in [6.07, 6.45) is 1.37. The van der Waals surface area contributed by atoms with Crippen LogP contribution in [0.3, 0.4) is 0 Å². The van der Waals surface area contributed by atoms with Crippen molar-refractivity contribution in [1.29, 1.82) is 0 Å². The number of hydrogen-bond donors (Lipinski definition) is 2. The van der Waals surface area contributed by atoms with Crippen molar-refractivity contribution in [3.05, 3.63) is 30.3 Å². The molecule has 1 aromatic rings. The van der Waals surface area contributed by atoms with Crippen LogP contribution in [0.2, 0.25) is 0 Å². The standard InChI is InChI=1S/C17H23N3O4/c1-12(16(22)23)19(2)15(21)13-7-6-10-20(11-13)17(24)18-14-8-4-3-5-9-14/h3-5,8-9,12-13H,6-7,10-11H2,1-2H3,(H,18,24)(H,22,23). The van der Waals surface area contributed by atoms with Crippen molar-refractivity contribution in [1.82, 2.24) is 9.80 Å². The molecule has 0 bridgehead atoms. The molecule has 0 saturated carbocycles. The van der Waals surface area contributed by atoms with E-state index in [1.807, 2.05) is 18.2 Å². The number of rotatable bonds is 4. The maximum absolute atomic E-state index is 12.5. The first kappa shape index (κ1) is 17.8. The average molecular weight is 333 g/mol. The van der Waals surface area contributed by atoms with Gasteiger partial charge in [0.15, 0.2) is 0 Å². The number of urea groups is 1. The Kier molecular flexibility index (Phi) is 5.78. The van der Waals surface area contributed by atoms with Gasteiger partial charge >= 0.3 is 12.0 Å². The van der Waals surface area contributed by atoms with Gasteiger partial charge in [0.05, 0.1) is 5.92 Å². The molecule has 3 amide bonds. The van der Waals surface area contributed by atoms with Gasteiger partial charge in [0.25, 0.3) is 0 Å². The summed E-state index contributed by atoms with van der Waals surface area (Å²) in [5.41, 5.74) is 0.701. The first-order valence-electron chi connectivity index (χ1n) is 8.00. The van der Waals surface area contributed by atoms with Crippen LogP contribution in [0.4, 0.5) is 10.5 Å². The van der Waals surface area contributed by atoms with Crippen LogP contribution in [0.25, 0.3) is 0 Å². The molecular weight excluding hydrogens is 310 g/mol. The molecule has 0 aromatic heterocycles. The van der Waals surface area contributed by atoms with E-state index in [1.165, 1.54) is 18.9 Å². The number of nitrogens with one attached hydrogen (secondary N) is 1. The lowest BCUT2D eigenvalue weighted by molar-refractivity contribution is -0.150. The van der Waals surface area contributed by atoms with Gasteiger partial charge in [0.1, 0.15) is 6.04 Å². The van der Waals surface area contributed by atoms with Gasteiger partial charge in [0.2, 0.25) is 5.91 Å². The minimum atomic E-state index is -1.04. The van der Waals surface area contributed by atoms with Gasteiger partial charge < -0.3 is 20.2 Å². The van der Waals surface area contributed by atoms with Gasteiger partial charge in [-0.2, -0.15) is 0 Å². The Hall–Kier alpha value is -2.57. The van der Waals surface area contributed by atoms with Gasteiger partial charge in [0, 0.05) is 25.8 Å². The third-order valence-corrected chi connectivity index (χ3v) is 4.37. The van der Waals surface area contributed by atoms with E-state index in [4.69, 9.17) is 5.11 Å². The number of likely N-dealkylation sites (tertiary alicyclic amines) is 1. The quantitative estimate of drug-likeness (QED) is 0.880. The number of benzene rings is 1. The highest BCUT2D eigenvalue weighted by molar-refractivity contribution is 5.90. The Morgan fingerprint density at radius 3 is 2.58 bits per heavy atom. The molecular formula is C17H23N3O4. The highest BCUT2D eigenvalue weighted by Gasteiger charge is 2.33. The fourth-order valence-corrected chi connectivity index (χ4v) is 2.73. The summed E-state index contributed by atoms with van der Waals surface area (Å²) >= 11 is 0. The zero-order valence-electron chi connectivity index (χ0n) is 13.9. The van der Waals surface area contributed by atoms with Crippen molar-refractivity contribution < 1.29 is 19.5 Å². The molecule has 1 heterocycles. The molecule has 130 valence electrons. The molecule has 0 radical (unpaired) electrons. The first-order chi connectivity index (χ1) is 11.4. The molecule has 2 N–H and O–H groups in total. The predicted octanol–water partition coefficient (Wildman–Crippen LogP) is 1.86. The summed E-state index contributed by atoms with van der Waals surface area (Å²) in [6.45, 7) is 2.36. The van der Waals surface area contributed by atoms with Gasteiger partial charge in [-0.3, -0.25) is 4.79 Å². The summed E-state index contributed by atoms with van der Waals surface area (Å²) in [6, 6.07) is 8.00. The summed E-state index contributed by atoms with van der Waals surface area (Å²) in [7, 11) is 1.49. The zero-order valence-corrected chi connectivity index (χ0v) is 13.9. The number of piperidine rings is 1. The number of nitrogens with zero attached hydrogens (tertiary/aromatic N) is 2. The van der Waals surface area contributed by atoms with Crippen LogP contribution < -0.4 is 5.32 Å². The molecule has 1 aliphatic rings. The molecule has 7 nitrogen and oxygen atoms in total. The first-order valence-corrected chi connectivity index (χ1v) is 8.00. The Bertz CT molecular complexity index is 605. The SMILES string of the molecule is CC(C(=O)O)N(C)C(=O)C1CCCN(C(=O)Nc2ccccc2)C1. The molecule has 24 heavy (non-hydrogen) atoms. The number of carboxylic acids is 1. The average Bonchev–Trinajstić information content (AvgIpc) is 2.60. The number of amides is 3. The number of para-hydroxylation sites is 1. The van der Waals surface area contributed by atoms with Crippen LogP contribution in [0.5, 0.6) is 0 Å². The van der Waals surface area contributed by atoms with E-state index >= 15 is 0 Å². The largest absolute Gasteiger partial charge is 0.480 e. The number of carboxylic acid groups (broad SMARTS) is 1. The fourth-order valence-electron chi connectivity index (χ4n) is 2.73. The Morgan fingerprint density at radius 2 is 1.96 bits per heavy atom. The second kappa shape index (κ2) is 7.81. The lowest BCUT2D eigenvalue weighted by Gasteiger charge is -2.34. The highest BCUT2D eigenvalue weighted by atomic mass is 16.4. The van der Waals surface area contributed by atoms with Crippen molar-refractivity contribution in [3.63, 3.8) is 0 Å². The number of hydrogen-bond acceptors (Lipinski definition) is 3. The predicted molar refractivity (Wildman–Crippen MR) is 89.6 cm³/mol. The van der Waals surface area contributed by atoms with E-state index in [-0.39, 0.29) is 17.9 Å². The Labute approximate surface area is 141 Å². The Balaban J connectivity index is 1.97. The third-order valence-electron chi connectivity index (χ3n) is 4.37. The topological polar surface area (TPSA) is 90.0 Å². The number of anilines is 1. The molecule has 0 aliphatic carbocycles. The van der Waals surface area contributed by atoms with Gasteiger partial charge in [-0.05, 0) is 31.9 Å². The summed E-state index contributed by atoms with van der Waals surface area (Å²) in [5.74, 6) is -1.64. The van der Waals surface area contributed by atoms with E-state index in [0.717, 1.165) is 0 Å². The fraction of sp³-hybridized carbons (Fsp3) is 0.471. The molecule has 2 unspecified atom stereocenters. The van der Waals surface area contributed by atoms with Crippen molar-refractivity contribution in [3.8, 4) is 0 Å². The monoisotopic (exact) mass is 333 g/mol. The summed E-state index contributed by atoms with van der Waals surface area (Å²) in [4.78, 5) is 38.7. The molecule has 1 saturated heterocycles. The van der Waals surface area contributed by atoms with Gasteiger partial charge in [-0.25, -0.2) is 9.59 Å². The molecule has 7 heteroatoms. The molecule has 2 rings (SSSR count). The Morgan fingerprint density at radius 1 is 1.29 bits per heavy atom. The molecule has 1 fully saturated rings. The number of carbonyl (C=O) groups excluding carboxylic acids is 2. The van der Waals surface area contributed by atoms with Crippen molar-refractivity contribution >= 4 is 23.6 Å². The van der Waals surface area contributed by atoms with Crippen LogP contribution in [-0.2, 0) is 9.59 Å². The van der Waals surface area contributed by atoms with Gasteiger partial charge in [-0.15, -0.1) is 0 Å². The molecule has 0 spiro atoms. The van der Waals surface area contributed by atoms with Crippen LogP contribution in [0.15, 0.2) is 30.3 Å². The van der Waals surface area contributed by atoms with Crippen molar-refractivity contribution in [2.45, 2.75) is 25.8 Å². The minimum Gasteiger partial charge on any atom is -0.480 e. The summed E-state index contributed by atoms with van der Waals surface area (Å²) in [5, 5.41) is 11.8. The van der Waals surface area contributed by atoms with Crippen LogP contribution in [-0.4, -0.2) is 59.0 Å². The second-order valence-corrected chi connectivity index (χ2v) is 6.04. The second-order valence-electron chi connectivity index (χ2n) is 6.04. The minimum absolute atomic E-state index is 0.234. The summed E-state index contributed by atoms with van der Waals surface area (Å²) < 4.78 is 0. The zero-order chi connectivity index (χ0) is 17.7. The van der Waals surface area contributed by atoms with Crippen LogP contribution in [0, 0.1) is 5.92 Å². The van der Waals surface area contributed by atoms with Gasteiger partial charge in [-0.1, -0.05) is 18.2 Å². The highest BCUT2D eigenvalue weighted by Crippen LogP contribution is 2.20. The molecule has 1 aliphatic heterocycles. The number of carbonyl (C=O) groups is 3. The number of likely N-dealkylation sites (N-methyl/N-ethyl adjacent to an activating group) is 1. The number of aliphatic carboxylic acids is 1. The van der Waals surface area contributed by atoms with Crippen molar-refractivity contribution in [2.75, 3.05) is 25.5 Å². The third kappa shape index (κ3) is 4.24. The normalized spacial score (nSPS) is 18.6.